The molecule has 0 radical (unpaired) electrons. The SMILES string of the molecule is COCCCCn1cc(Br)cn1. The molecule has 1 rings (SSSR count). The van der Waals surface area contributed by atoms with Crippen molar-refractivity contribution in [2.75, 3.05) is 13.7 Å². The number of rotatable bonds is 5. The number of nitrogens with zero attached hydrogens (tertiary/aromatic N) is 2. The average Bonchev–Trinajstić information content (AvgIpc) is 2.45. The minimum absolute atomic E-state index is 0.836. The van der Waals surface area contributed by atoms with Gasteiger partial charge in [0.05, 0.1) is 10.7 Å². The van der Waals surface area contributed by atoms with Gasteiger partial charge in [-0.1, -0.05) is 0 Å². The smallest absolute Gasteiger partial charge is 0.0632 e. The summed E-state index contributed by atoms with van der Waals surface area (Å²) in [5, 5.41) is 4.14. The maximum atomic E-state index is 4.95. The first kappa shape index (κ1) is 9.74. The Morgan fingerprint density at radius 3 is 3.00 bits per heavy atom. The summed E-state index contributed by atoms with van der Waals surface area (Å²) in [4.78, 5) is 0. The lowest BCUT2D eigenvalue weighted by Gasteiger charge is -1.99. The molecule has 0 aromatic carbocycles. The van der Waals surface area contributed by atoms with Crippen molar-refractivity contribution >= 4 is 15.9 Å². The van der Waals surface area contributed by atoms with Crippen LogP contribution in [0.3, 0.4) is 0 Å². The van der Waals surface area contributed by atoms with E-state index in [0.29, 0.717) is 0 Å². The zero-order valence-corrected chi connectivity index (χ0v) is 8.75. The summed E-state index contributed by atoms with van der Waals surface area (Å²) in [6.07, 6.45) is 5.99. The fourth-order valence-electron chi connectivity index (χ4n) is 0.981. The highest BCUT2D eigenvalue weighted by Crippen LogP contribution is 2.06. The molecule has 0 amide bonds. The molecule has 0 atom stereocenters. The Balaban J connectivity index is 2.15. The van der Waals surface area contributed by atoms with Gasteiger partial charge in [-0.05, 0) is 28.8 Å². The molecule has 1 heterocycles. The number of methoxy groups -OCH3 is 1. The number of aryl methyl sites for hydroxylation is 1. The van der Waals surface area contributed by atoms with Crippen molar-refractivity contribution in [1.82, 2.24) is 9.78 Å². The molecule has 0 unspecified atom stereocenters. The summed E-state index contributed by atoms with van der Waals surface area (Å²) < 4.78 is 7.91. The van der Waals surface area contributed by atoms with Crippen molar-refractivity contribution in [2.45, 2.75) is 19.4 Å². The number of hydrogen-bond acceptors (Lipinski definition) is 2. The summed E-state index contributed by atoms with van der Waals surface area (Å²) in [6.45, 7) is 1.80. The standard InChI is InChI=1S/C8H13BrN2O/c1-12-5-3-2-4-11-7-8(9)6-10-11/h6-7H,2-5H2,1H3. The minimum Gasteiger partial charge on any atom is -0.385 e. The van der Waals surface area contributed by atoms with Gasteiger partial charge in [-0.25, -0.2) is 0 Å². The normalized spacial score (nSPS) is 10.5. The predicted octanol–water partition coefficient (Wildman–Crippen LogP) is 2.07. The van der Waals surface area contributed by atoms with Gasteiger partial charge in [0.2, 0.25) is 0 Å². The first-order valence-corrected chi connectivity index (χ1v) is 4.79. The number of hydrogen-bond donors (Lipinski definition) is 0. The average molecular weight is 233 g/mol. The summed E-state index contributed by atoms with van der Waals surface area (Å²) >= 11 is 3.35. The molecule has 0 aliphatic rings. The van der Waals surface area contributed by atoms with Crippen LogP contribution >= 0.6 is 15.9 Å². The molecular formula is C8H13BrN2O. The summed E-state index contributed by atoms with van der Waals surface area (Å²) in [5.74, 6) is 0. The van der Waals surface area contributed by atoms with Crippen molar-refractivity contribution < 1.29 is 4.74 Å². The molecule has 0 aliphatic carbocycles. The van der Waals surface area contributed by atoms with E-state index < -0.39 is 0 Å². The summed E-state index contributed by atoms with van der Waals surface area (Å²) in [7, 11) is 1.73. The van der Waals surface area contributed by atoms with Gasteiger partial charge in [0, 0.05) is 26.5 Å². The largest absolute Gasteiger partial charge is 0.385 e. The number of halogens is 1. The topological polar surface area (TPSA) is 27.1 Å². The molecule has 4 heteroatoms. The third kappa shape index (κ3) is 3.36. The van der Waals surface area contributed by atoms with E-state index in [0.717, 1.165) is 30.5 Å². The maximum Gasteiger partial charge on any atom is 0.0632 e. The Morgan fingerprint density at radius 1 is 1.58 bits per heavy atom. The molecule has 3 nitrogen and oxygen atoms in total. The van der Waals surface area contributed by atoms with Crippen LogP contribution in [0.1, 0.15) is 12.8 Å². The van der Waals surface area contributed by atoms with Crippen LogP contribution in [0.5, 0.6) is 0 Å². The van der Waals surface area contributed by atoms with Crippen molar-refractivity contribution in [3.05, 3.63) is 16.9 Å². The Morgan fingerprint density at radius 2 is 2.42 bits per heavy atom. The zero-order chi connectivity index (χ0) is 8.81. The Bertz CT molecular complexity index is 225. The lowest BCUT2D eigenvalue weighted by atomic mass is 10.3. The molecule has 1 aromatic heterocycles. The van der Waals surface area contributed by atoms with Gasteiger partial charge in [0.25, 0.3) is 0 Å². The highest BCUT2D eigenvalue weighted by molar-refractivity contribution is 9.10. The molecule has 0 spiro atoms. The molecule has 0 saturated carbocycles. The van der Waals surface area contributed by atoms with Crippen molar-refractivity contribution in [2.24, 2.45) is 0 Å². The zero-order valence-electron chi connectivity index (χ0n) is 7.16. The first-order valence-electron chi connectivity index (χ1n) is 4.00. The van der Waals surface area contributed by atoms with Crippen molar-refractivity contribution in [3.8, 4) is 0 Å². The van der Waals surface area contributed by atoms with Gasteiger partial charge in [-0.15, -0.1) is 0 Å². The van der Waals surface area contributed by atoms with Gasteiger partial charge < -0.3 is 4.74 Å². The van der Waals surface area contributed by atoms with E-state index in [9.17, 15) is 0 Å². The van der Waals surface area contributed by atoms with Gasteiger partial charge >= 0.3 is 0 Å². The van der Waals surface area contributed by atoms with Gasteiger partial charge in [0.15, 0.2) is 0 Å². The van der Waals surface area contributed by atoms with E-state index in [1.807, 2.05) is 10.9 Å². The van der Waals surface area contributed by atoms with E-state index in [1.54, 1.807) is 13.3 Å². The minimum atomic E-state index is 0.836. The van der Waals surface area contributed by atoms with Crippen LogP contribution in [0, 0.1) is 0 Å². The summed E-state index contributed by atoms with van der Waals surface area (Å²) in [6, 6.07) is 0. The molecule has 12 heavy (non-hydrogen) atoms. The second-order valence-electron chi connectivity index (χ2n) is 2.62. The molecule has 0 bridgehead atoms. The second-order valence-corrected chi connectivity index (χ2v) is 3.54. The molecule has 0 fully saturated rings. The van der Waals surface area contributed by atoms with E-state index in [4.69, 9.17) is 4.74 Å². The number of ether oxygens (including phenoxy) is 1. The number of aromatic nitrogens is 2. The fourth-order valence-corrected chi connectivity index (χ4v) is 1.31. The molecule has 1 aromatic rings. The van der Waals surface area contributed by atoms with Crippen LogP contribution in [-0.4, -0.2) is 23.5 Å². The second kappa shape index (κ2) is 5.32. The van der Waals surface area contributed by atoms with Crippen LogP contribution in [0.4, 0.5) is 0 Å². The molecular weight excluding hydrogens is 220 g/mol. The van der Waals surface area contributed by atoms with Crippen molar-refractivity contribution in [3.63, 3.8) is 0 Å². The Labute approximate surface area is 80.8 Å². The van der Waals surface area contributed by atoms with E-state index in [1.165, 1.54) is 0 Å². The van der Waals surface area contributed by atoms with E-state index in [2.05, 4.69) is 21.0 Å². The lowest BCUT2D eigenvalue weighted by Crippen LogP contribution is -1.99. The van der Waals surface area contributed by atoms with E-state index in [-0.39, 0.29) is 0 Å². The molecule has 0 saturated heterocycles. The van der Waals surface area contributed by atoms with Crippen LogP contribution in [0.2, 0.25) is 0 Å². The van der Waals surface area contributed by atoms with Gasteiger partial charge in [0.1, 0.15) is 0 Å². The highest BCUT2D eigenvalue weighted by Gasteiger charge is 1.94. The predicted molar refractivity (Wildman–Crippen MR) is 51.0 cm³/mol. The van der Waals surface area contributed by atoms with Crippen LogP contribution in [0.15, 0.2) is 16.9 Å². The fraction of sp³-hybridized carbons (Fsp3) is 0.625. The van der Waals surface area contributed by atoms with Crippen LogP contribution in [0.25, 0.3) is 0 Å². The molecule has 0 N–H and O–H groups in total. The van der Waals surface area contributed by atoms with Crippen LogP contribution in [-0.2, 0) is 11.3 Å². The van der Waals surface area contributed by atoms with Gasteiger partial charge in [-0.2, -0.15) is 5.10 Å². The maximum absolute atomic E-state index is 4.95. The quantitative estimate of drug-likeness (QED) is 0.728. The van der Waals surface area contributed by atoms with Crippen molar-refractivity contribution in [1.29, 1.82) is 0 Å². The summed E-state index contributed by atoms with van der Waals surface area (Å²) in [5.41, 5.74) is 0. The first-order chi connectivity index (χ1) is 5.83. The third-order valence-corrected chi connectivity index (χ3v) is 2.00. The molecule has 68 valence electrons. The lowest BCUT2D eigenvalue weighted by molar-refractivity contribution is 0.191. The third-order valence-electron chi connectivity index (χ3n) is 1.59. The highest BCUT2D eigenvalue weighted by atomic mass is 79.9. The van der Waals surface area contributed by atoms with Crippen LogP contribution < -0.4 is 0 Å². The van der Waals surface area contributed by atoms with Gasteiger partial charge in [-0.3, -0.25) is 4.68 Å². The molecule has 0 aliphatic heterocycles. The monoisotopic (exact) mass is 232 g/mol. The van der Waals surface area contributed by atoms with E-state index >= 15 is 0 Å². The Hall–Kier alpha value is -0.350. The Kier molecular flexibility index (Phi) is 4.32. The number of unbranched alkanes of at least 4 members (excludes halogenated alkanes) is 1.